The number of hydrogen-bond donors (Lipinski definition) is 2. The molecule has 0 heterocycles. The molecule has 0 bridgehead atoms. The first kappa shape index (κ1) is 22.3. The van der Waals surface area contributed by atoms with E-state index in [1.807, 2.05) is 36.4 Å². The van der Waals surface area contributed by atoms with Crippen molar-refractivity contribution >= 4 is 17.3 Å². The molecule has 5 nitrogen and oxygen atoms in total. The van der Waals surface area contributed by atoms with Crippen molar-refractivity contribution in [1.82, 2.24) is 0 Å². The fourth-order valence-corrected chi connectivity index (χ4v) is 4.23. The SMILES string of the molecule is CCCCCC(O)C=CC1=CC[C@@H]2C/C(=N/OCCC(=O)Nc3ccccc3)C[C@@H]12. The zero-order chi connectivity index (χ0) is 21.2. The quantitative estimate of drug-likeness (QED) is 0.387. The Labute approximate surface area is 179 Å². The van der Waals surface area contributed by atoms with Crippen LogP contribution in [0.5, 0.6) is 0 Å². The number of allylic oxidation sites excluding steroid dienone is 3. The van der Waals surface area contributed by atoms with Gasteiger partial charge in [0.1, 0.15) is 6.61 Å². The minimum atomic E-state index is -0.351. The number of para-hydroxylation sites is 1. The Balaban J connectivity index is 1.38. The summed E-state index contributed by atoms with van der Waals surface area (Å²) >= 11 is 0. The van der Waals surface area contributed by atoms with Crippen molar-refractivity contribution in [3.63, 3.8) is 0 Å². The molecule has 3 rings (SSSR count). The number of rotatable bonds is 11. The van der Waals surface area contributed by atoms with E-state index in [4.69, 9.17) is 4.84 Å². The van der Waals surface area contributed by atoms with Crippen molar-refractivity contribution in [2.75, 3.05) is 11.9 Å². The maximum atomic E-state index is 11.9. The van der Waals surface area contributed by atoms with Crippen molar-refractivity contribution in [3.8, 4) is 0 Å². The highest BCUT2D eigenvalue weighted by atomic mass is 16.6. The van der Waals surface area contributed by atoms with Gasteiger partial charge in [0.25, 0.3) is 0 Å². The second-order valence-electron chi connectivity index (χ2n) is 8.29. The van der Waals surface area contributed by atoms with Crippen LogP contribution in [0.25, 0.3) is 0 Å². The number of carbonyl (C=O) groups excluding carboxylic acids is 1. The lowest BCUT2D eigenvalue weighted by atomic mass is 9.94. The minimum absolute atomic E-state index is 0.0717. The van der Waals surface area contributed by atoms with Crippen molar-refractivity contribution < 1.29 is 14.7 Å². The molecule has 1 fully saturated rings. The van der Waals surface area contributed by atoms with E-state index >= 15 is 0 Å². The normalized spacial score (nSPS) is 22.9. The van der Waals surface area contributed by atoms with E-state index < -0.39 is 0 Å². The van der Waals surface area contributed by atoms with E-state index in [9.17, 15) is 9.90 Å². The van der Waals surface area contributed by atoms with Crippen LogP contribution in [0.4, 0.5) is 5.69 Å². The number of fused-ring (bicyclic) bond motifs is 1. The second-order valence-corrected chi connectivity index (χ2v) is 8.29. The first-order valence-corrected chi connectivity index (χ1v) is 11.2. The Morgan fingerprint density at radius 3 is 2.93 bits per heavy atom. The lowest BCUT2D eigenvalue weighted by Crippen LogP contribution is -2.13. The molecular formula is C25H34N2O3. The van der Waals surface area contributed by atoms with Gasteiger partial charge < -0.3 is 15.3 Å². The molecule has 0 spiro atoms. The lowest BCUT2D eigenvalue weighted by molar-refractivity contribution is -0.117. The third kappa shape index (κ3) is 6.84. The maximum Gasteiger partial charge on any atom is 0.227 e. The third-order valence-electron chi connectivity index (χ3n) is 5.89. The monoisotopic (exact) mass is 410 g/mol. The van der Waals surface area contributed by atoms with E-state index in [1.54, 1.807) is 0 Å². The Bertz CT molecular complexity index is 770. The molecule has 0 saturated heterocycles. The Morgan fingerprint density at radius 2 is 2.13 bits per heavy atom. The van der Waals surface area contributed by atoms with Crippen molar-refractivity contribution in [2.24, 2.45) is 17.0 Å². The summed E-state index contributed by atoms with van der Waals surface area (Å²) in [7, 11) is 0. The zero-order valence-corrected chi connectivity index (χ0v) is 17.9. The highest BCUT2D eigenvalue weighted by Gasteiger charge is 2.36. The first-order chi connectivity index (χ1) is 14.7. The molecule has 1 aromatic rings. The summed E-state index contributed by atoms with van der Waals surface area (Å²) in [6, 6.07) is 9.41. The first-order valence-electron chi connectivity index (χ1n) is 11.2. The lowest BCUT2D eigenvalue weighted by Gasteiger charge is -2.11. The summed E-state index contributed by atoms with van der Waals surface area (Å²) in [5, 5.41) is 17.3. The van der Waals surface area contributed by atoms with Gasteiger partial charge in [0.2, 0.25) is 5.91 Å². The average Bonchev–Trinajstić information content (AvgIpc) is 3.31. The van der Waals surface area contributed by atoms with E-state index in [2.05, 4.69) is 29.5 Å². The van der Waals surface area contributed by atoms with Crippen LogP contribution in [-0.4, -0.2) is 29.4 Å². The number of nitrogens with one attached hydrogen (secondary N) is 1. The number of amides is 1. The van der Waals surface area contributed by atoms with Crippen molar-refractivity contribution in [2.45, 2.75) is 64.4 Å². The number of aliphatic hydroxyl groups is 1. The van der Waals surface area contributed by atoms with E-state index in [-0.39, 0.29) is 25.0 Å². The van der Waals surface area contributed by atoms with Gasteiger partial charge in [-0.25, -0.2) is 0 Å². The number of aliphatic hydroxyl groups excluding tert-OH is 1. The average molecular weight is 411 g/mol. The van der Waals surface area contributed by atoms with Gasteiger partial charge in [-0.15, -0.1) is 0 Å². The fourth-order valence-electron chi connectivity index (χ4n) is 4.23. The number of carbonyl (C=O) groups is 1. The summed E-state index contributed by atoms with van der Waals surface area (Å²) in [5.41, 5.74) is 3.19. The molecule has 1 saturated carbocycles. The molecule has 1 unspecified atom stereocenters. The van der Waals surface area contributed by atoms with Crippen LogP contribution in [0.3, 0.4) is 0 Å². The molecule has 1 amide bonds. The van der Waals surface area contributed by atoms with Gasteiger partial charge in [0.15, 0.2) is 0 Å². The van der Waals surface area contributed by atoms with E-state index in [1.165, 1.54) is 18.4 Å². The molecule has 3 atom stereocenters. The van der Waals surface area contributed by atoms with Gasteiger partial charge in [0.05, 0.1) is 18.2 Å². The molecule has 2 aliphatic rings. The summed E-state index contributed by atoms with van der Waals surface area (Å²) in [6.45, 7) is 2.46. The predicted octanol–water partition coefficient (Wildman–Crippen LogP) is 5.24. The summed E-state index contributed by atoms with van der Waals surface area (Å²) in [5.74, 6) is 0.996. The third-order valence-corrected chi connectivity index (χ3v) is 5.89. The van der Waals surface area contributed by atoms with E-state index in [0.717, 1.165) is 43.5 Å². The molecular weight excluding hydrogens is 376 g/mol. The Morgan fingerprint density at radius 1 is 1.30 bits per heavy atom. The molecule has 0 aliphatic heterocycles. The van der Waals surface area contributed by atoms with Crippen LogP contribution >= 0.6 is 0 Å². The summed E-state index contributed by atoms with van der Waals surface area (Å²) in [6.07, 6.45) is 13.5. The highest BCUT2D eigenvalue weighted by molar-refractivity contribution is 5.90. The topological polar surface area (TPSA) is 70.9 Å². The summed E-state index contributed by atoms with van der Waals surface area (Å²) in [4.78, 5) is 17.4. The molecule has 30 heavy (non-hydrogen) atoms. The fraction of sp³-hybridized carbons (Fsp3) is 0.520. The maximum absolute atomic E-state index is 11.9. The van der Waals surface area contributed by atoms with Gasteiger partial charge in [-0.2, -0.15) is 0 Å². The van der Waals surface area contributed by atoms with Crippen LogP contribution < -0.4 is 5.32 Å². The van der Waals surface area contributed by atoms with Crippen molar-refractivity contribution in [1.29, 1.82) is 0 Å². The standard InChI is InChI=1S/C25H34N2O3/c1-2-3-5-10-23(28)14-13-19-11-12-20-17-22(18-24(19)20)27-30-16-15-25(29)26-21-8-6-4-7-9-21/h4,6-9,11,13-14,20,23-24,28H,2-3,5,10,12,15-18H2,1H3,(H,26,29)/b14-13?,27-22-/t20-,23?,24+/m1/s1. The number of benzene rings is 1. The van der Waals surface area contributed by atoms with Crippen LogP contribution in [0, 0.1) is 11.8 Å². The van der Waals surface area contributed by atoms with Gasteiger partial charge in [-0.1, -0.05) is 67.8 Å². The largest absolute Gasteiger partial charge is 0.395 e. The Hall–Kier alpha value is -2.40. The van der Waals surface area contributed by atoms with Crippen molar-refractivity contribution in [3.05, 3.63) is 54.1 Å². The van der Waals surface area contributed by atoms with Crippen LogP contribution in [0.2, 0.25) is 0 Å². The van der Waals surface area contributed by atoms with Gasteiger partial charge >= 0.3 is 0 Å². The number of oxime groups is 1. The Kier molecular flexibility index (Phi) is 8.69. The molecule has 1 aromatic carbocycles. The highest BCUT2D eigenvalue weighted by Crippen LogP contribution is 2.43. The van der Waals surface area contributed by atoms with Gasteiger partial charge in [-0.05, 0) is 55.2 Å². The van der Waals surface area contributed by atoms with Crippen LogP contribution in [0.15, 0.2) is 59.3 Å². The summed E-state index contributed by atoms with van der Waals surface area (Å²) < 4.78 is 0. The van der Waals surface area contributed by atoms with Gasteiger partial charge in [-0.3, -0.25) is 4.79 Å². The number of hydrogen-bond acceptors (Lipinski definition) is 4. The molecule has 2 aliphatic carbocycles. The smallest absolute Gasteiger partial charge is 0.227 e. The zero-order valence-electron chi connectivity index (χ0n) is 17.9. The van der Waals surface area contributed by atoms with Crippen LogP contribution in [0.1, 0.15) is 58.3 Å². The predicted molar refractivity (Wildman–Crippen MR) is 121 cm³/mol. The van der Waals surface area contributed by atoms with E-state index in [0.29, 0.717) is 11.8 Å². The molecule has 2 N–H and O–H groups in total. The molecule has 162 valence electrons. The molecule has 5 heteroatoms. The molecule has 0 aromatic heterocycles. The van der Waals surface area contributed by atoms with Crippen LogP contribution in [-0.2, 0) is 9.63 Å². The number of unbranched alkanes of at least 4 members (excludes halogenated alkanes) is 2. The second kappa shape index (κ2) is 11.7. The molecule has 0 radical (unpaired) electrons. The minimum Gasteiger partial charge on any atom is -0.395 e. The van der Waals surface area contributed by atoms with Gasteiger partial charge in [0, 0.05) is 5.69 Å². The number of anilines is 1. The number of nitrogens with zero attached hydrogens (tertiary/aromatic N) is 1.